The highest BCUT2D eigenvalue weighted by atomic mass is 17.2. The molecule has 5 aromatic carbocycles. The van der Waals surface area contributed by atoms with Crippen molar-refractivity contribution in [2.45, 2.75) is 6.10 Å². The van der Waals surface area contributed by atoms with Gasteiger partial charge in [-0.3, -0.25) is 0 Å². The summed E-state index contributed by atoms with van der Waals surface area (Å²) in [5.74, 6) is 1.11. The monoisotopic (exact) mass is 455 g/mol. The third kappa shape index (κ3) is 2.64. The fourth-order valence-corrected chi connectivity index (χ4v) is 5.26. The van der Waals surface area contributed by atoms with Gasteiger partial charge in [0.15, 0.2) is 11.3 Å². The Balaban J connectivity index is 1.42. The molecule has 0 N–H and O–H groups in total. The highest BCUT2D eigenvalue weighted by molar-refractivity contribution is 6.23. The van der Waals surface area contributed by atoms with E-state index in [9.17, 15) is 0 Å². The first kappa shape index (κ1) is 18.8. The Morgan fingerprint density at radius 3 is 2.49 bits per heavy atom. The van der Waals surface area contributed by atoms with Gasteiger partial charge in [-0.15, -0.1) is 0 Å². The lowest BCUT2D eigenvalue weighted by molar-refractivity contribution is -0.216. The van der Waals surface area contributed by atoms with Crippen molar-refractivity contribution in [3.8, 4) is 16.9 Å². The Kier molecular flexibility index (Phi) is 3.73. The average Bonchev–Trinajstić information content (AvgIpc) is 3.64. The zero-order valence-corrected chi connectivity index (χ0v) is 18.4. The van der Waals surface area contributed by atoms with E-state index in [2.05, 4.69) is 53.5 Å². The molecule has 1 unspecified atom stereocenters. The largest absolute Gasteiger partial charge is 0.464 e. The van der Waals surface area contributed by atoms with Gasteiger partial charge in [0.05, 0.1) is 6.26 Å². The summed E-state index contributed by atoms with van der Waals surface area (Å²) in [5, 5.41) is 5.77. The van der Waals surface area contributed by atoms with Crippen LogP contribution >= 0.6 is 0 Å². The van der Waals surface area contributed by atoms with Crippen molar-refractivity contribution < 1.29 is 18.6 Å². The van der Waals surface area contributed by atoms with Gasteiger partial charge in [0, 0.05) is 21.9 Å². The van der Waals surface area contributed by atoms with Crippen LogP contribution in [0, 0.1) is 0 Å². The third-order valence-corrected chi connectivity index (χ3v) is 6.83. The summed E-state index contributed by atoms with van der Waals surface area (Å²) in [6.45, 7) is 0. The van der Waals surface area contributed by atoms with Crippen LogP contribution in [0.25, 0.3) is 54.7 Å². The molecule has 8 rings (SSSR count). The Labute approximate surface area is 199 Å². The molecule has 166 valence electrons. The smallest absolute Gasteiger partial charge is 0.233 e. The van der Waals surface area contributed by atoms with Crippen LogP contribution in [0.3, 0.4) is 0 Å². The molecule has 1 atom stereocenters. The predicted octanol–water partition coefficient (Wildman–Crippen LogP) is 7.96. The molecule has 0 saturated carbocycles. The minimum absolute atomic E-state index is 0.459. The van der Waals surface area contributed by atoms with Crippen molar-refractivity contribution in [2.75, 3.05) is 0 Å². The summed E-state index contributed by atoms with van der Waals surface area (Å²) in [5.41, 5.74) is 5.14. The van der Waals surface area contributed by atoms with Crippen molar-refractivity contribution >= 4 is 43.6 Å². The van der Waals surface area contributed by atoms with E-state index in [4.69, 9.17) is 18.6 Å². The number of furan rings is 1. The van der Waals surface area contributed by atoms with E-state index in [1.807, 2.05) is 48.7 Å². The molecule has 0 bridgehead atoms. The molecular formula is C30H17NO4. The first-order valence-corrected chi connectivity index (χ1v) is 11.5. The number of rotatable bonds is 2. The van der Waals surface area contributed by atoms with Crippen LogP contribution in [0.1, 0.15) is 17.6 Å². The number of oxazole rings is 1. The number of para-hydroxylation sites is 2. The first-order valence-electron chi connectivity index (χ1n) is 11.5. The van der Waals surface area contributed by atoms with Crippen LogP contribution in [0.4, 0.5) is 0 Å². The molecule has 7 aromatic rings. The van der Waals surface area contributed by atoms with Gasteiger partial charge >= 0.3 is 0 Å². The Morgan fingerprint density at radius 1 is 0.657 bits per heavy atom. The van der Waals surface area contributed by atoms with E-state index in [1.54, 1.807) is 0 Å². The number of hydrogen-bond acceptors (Lipinski definition) is 5. The van der Waals surface area contributed by atoms with Gasteiger partial charge in [-0.2, -0.15) is 4.89 Å². The second kappa shape index (κ2) is 6.95. The molecule has 0 saturated heterocycles. The fraction of sp³-hybridized carbons (Fsp3) is 0.0333. The fourth-order valence-electron chi connectivity index (χ4n) is 5.26. The summed E-state index contributed by atoms with van der Waals surface area (Å²) in [6, 6.07) is 30.5. The summed E-state index contributed by atoms with van der Waals surface area (Å²) in [6.07, 6.45) is 1.23. The van der Waals surface area contributed by atoms with Crippen LogP contribution in [0.15, 0.2) is 106 Å². The van der Waals surface area contributed by atoms with Gasteiger partial charge in [0.2, 0.25) is 12.0 Å². The van der Waals surface area contributed by atoms with Gasteiger partial charge in [0.1, 0.15) is 11.1 Å². The summed E-state index contributed by atoms with van der Waals surface area (Å²) in [4.78, 5) is 16.1. The Morgan fingerprint density at radius 2 is 1.51 bits per heavy atom. The first-order chi connectivity index (χ1) is 17.3. The SMILES string of the molecule is c1cc2c(c(-c3coc4ccc5ccc6ccccc6c5c34)c1)C(c1nc3ccccc3o1)OO2. The number of benzene rings is 5. The van der Waals surface area contributed by atoms with E-state index < -0.39 is 6.10 Å². The van der Waals surface area contributed by atoms with Crippen molar-refractivity contribution in [2.24, 2.45) is 0 Å². The minimum atomic E-state index is -0.592. The second-order valence-electron chi connectivity index (χ2n) is 8.77. The lowest BCUT2D eigenvalue weighted by atomic mass is 9.91. The highest BCUT2D eigenvalue weighted by Gasteiger charge is 2.35. The zero-order valence-electron chi connectivity index (χ0n) is 18.4. The molecule has 2 aromatic heterocycles. The molecule has 5 nitrogen and oxygen atoms in total. The van der Waals surface area contributed by atoms with Crippen LogP contribution in [0.2, 0.25) is 0 Å². The van der Waals surface area contributed by atoms with Gasteiger partial charge in [-0.05, 0) is 46.0 Å². The molecule has 1 aliphatic rings. The quantitative estimate of drug-likeness (QED) is 0.195. The molecule has 0 spiro atoms. The molecule has 5 heteroatoms. The standard InChI is InChI=1S/C30H17NO4/c1-2-7-19-17(6-1)12-13-18-14-15-24-27(26(18)19)21(16-32-24)20-8-5-11-25-28(20)29(35-34-25)30-31-22-9-3-4-10-23(22)33-30/h1-16,29H. The van der Waals surface area contributed by atoms with Crippen LogP contribution in [-0.2, 0) is 4.89 Å². The van der Waals surface area contributed by atoms with Crippen LogP contribution in [-0.4, -0.2) is 4.98 Å². The molecule has 35 heavy (non-hydrogen) atoms. The van der Waals surface area contributed by atoms with Crippen molar-refractivity contribution in [3.63, 3.8) is 0 Å². The molecule has 0 fully saturated rings. The lowest BCUT2D eigenvalue weighted by Crippen LogP contribution is -2.01. The van der Waals surface area contributed by atoms with Gasteiger partial charge in [-0.1, -0.05) is 66.7 Å². The summed E-state index contributed by atoms with van der Waals surface area (Å²) < 4.78 is 12.1. The van der Waals surface area contributed by atoms with E-state index >= 15 is 0 Å². The highest BCUT2D eigenvalue weighted by Crippen LogP contribution is 2.48. The number of hydrogen-bond donors (Lipinski definition) is 0. The van der Waals surface area contributed by atoms with Crippen molar-refractivity contribution in [1.82, 2.24) is 4.98 Å². The number of nitrogens with zero attached hydrogens (tertiary/aromatic N) is 1. The maximum Gasteiger partial charge on any atom is 0.233 e. The summed E-state index contributed by atoms with van der Waals surface area (Å²) in [7, 11) is 0. The van der Waals surface area contributed by atoms with E-state index in [1.165, 1.54) is 16.2 Å². The Hall–Kier alpha value is -4.61. The molecular weight excluding hydrogens is 438 g/mol. The second-order valence-corrected chi connectivity index (χ2v) is 8.77. The summed E-state index contributed by atoms with van der Waals surface area (Å²) >= 11 is 0. The molecule has 0 aliphatic carbocycles. The van der Waals surface area contributed by atoms with Crippen molar-refractivity contribution in [1.29, 1.82) is 0 Å². The zero-order chi connectivity index (χ0) is 22.9. The van der Waals surface area contributed by atoms with Crippen LogP contribution in [0.5, 0.6) is 5.75 Å². The van der Waals surface area contributed by atoms with E-state index in [0.717, 1.165) is 38.6 Å². The minimum Gasteiger partial charge on any atom is -0.464 e. The van der Waals surface area contributed by atoms with Gasteiger partial charge in [0.25, 0.3) is 0 Å². The normalized spacial score (nSPS) is 15.3. The average molecular weight is 455 g/mol. The Bertz CT molecular complexity index is 1900. The topological polar surface area (TPSA) is 57.6 Å². The van der Waals surface area contributed by atoms with Gasteiger partial charge in [-0.25, -0.2) is 4.98 Å². The van der Waals surface area contributed by atoms with E-state index in [-0.39, 0.29) is 0 Å². The molecule has 3 heterocycles. The molecule has 1 aliphatic heterocycles. The maximum absolute atomic E-state index is 6.09. The van der Waals surface area contributed by atoms with Crippen LogP contribution < -0.4 is 4.89 Å². The number of aromatic nitrogens is 1. The maximum atomic E-state index is 6.09. The molecule has 0 radical (unpaired) electrons. The third-order valence-electron chi connectivity index (χ3n) is 6.83. The predicted molar refractivity (Wildman–Crippen MR) is 134 cm³/mol. The lowest BCUT2D eigenvalue weighted by Gasteiger charge is -2.10. The number of fused-ring (bicyclic) bond motifs is 7. The molecule has 0 amide bonds. The van der Waals surface area contributed by atoms with E-state index in [0.29, 0.717) is 17.2 Å². The van der Waals surface area contributed by atoms with Gasteiger partial charge < -0.3 is 13.7 Å². The van der Waals surface area contributed by atoms with Crippen molar-refractivity contribution in [3.05, 3.63) is 109 Å².